The number of hydrogen-bond donors (Lipinski definition) is 2. The first-order chi connectivity index (χ1) is 16.1. The number of anilines is 1. The predicted octanol–water partition coefficient (Wildman–Crippen LogP) is 4.74. The maximum absolute atomic E-state index is 13.4. The third-order valence-electron chi connectivity index (χ3n) is 5.56. The van der Waals surface area contributed by atoms with Crippen LogP contribution in [0.15, 0.2) is 83.8 Å². The summed E-state index contributed by atoms with van der Waals surface area (Å²) >= 11 is 0. The van der Waals surface area contributed by atoms with Crippen LogP contribution in [-0.2, 0) is 22.9 Å². The van der Waals surface area contributed by atoms with Crippen molar-refractivity contribution in [2.75, 3.05) is 17.8 Å². The van der Waals surface area contributed by atoms with E-state index in [1.165, 1.54) is 6.07 Å². The van der Waals surface area contributed by atoms with Crippen LogP contribution in [0.2, 0.25) is 0 Å². The van der Waals surface area contributed by atoms with Gasteiger partial charge in [-0.15, -0.1) is 0 Å². The van der Waals surface area contributed by atoms with E-state index in [1.54, 1.807) is 12.1 Å². The maximum atomic E-state index is 13.4. The SMILES string of the molecule is CS(=O)(=O)c1cc(C(O)CCC(F)(F)CO)ccc1N(Cc1ccccc1)Cc1ccccc1. The third kappa shape index (κ3) is 7.09. The highest BCUT2D eigenvalue weighted by atomic mass is 32.2. The molecule has 0 saturated heterocycles. The molecule has 0 radical (unpaired) electrons. The van der Waals surface area contributed by atoms with Crippen molar-refractivity contribution in [1.82, 2.24) is 0 Å². The Balaban J connectivity index is 1.98. The van der Waals surface area contributed by atoms with Gasteiger partial charge >= 0.3 is 0 Å². The normalized spacial score (nSPS) is 13.0. The zero-order chi connectivity index (χ0) is 24.8. The molecule has 0 aliphatic rings. The number of benzene rings is 3. The van der Waals surface area contributed by atoms with Crippen LogP contribution in [0.25, 0.3) is 0 Å². The van der Waals surface area contributed by atoms with Gasteiger partial charge in [0.1, 0.15) is 6.61 Å². The Labute approximate surface area is 199 Å². The van der Waals surface area contributed by atoms with Crippen LogP contribution in [-0.4, -0.2) is 37.4 Å². The zero-order valence-corrected chi connectivity index (χ0v) is 19.8. The van der Waals surface area contributed by atoms with Crippen LogP contribution in [0.3, 0.4) is 0 Å². The van der Waals surface area contributed by atoms with Crippen molar-refractivity contribution in [3.05, 3.63) is 95.6 Å². The van der Waals surface area contributed by atoms with E-state index >= 15 is 0 Å². The lowest BCUT2D eigenvalue weighted by Gasteiger charge is -2.28. The summed E-state index contributed by atoms with van der Waals surface area (Å²) < 4.78 is 52.3. The fraction of sp³-hybridized carbons (Fsp3) is 0.308. The molecular formula is C26H29F2NO4S. The summed E-state index contributed by atoms with van der Waals surface area (Å²) in [5.41, 5.74) is 2.69. The van der Waals surface area contributed by atoms with Crippen molar-refractivity contribution >= 4 is 15.5 Å². The summed E-state index contributed by atoms with van der Waals surface area (Å²) in [4.78, 5) is 1.96. The fourth-order valence-electron chi connectivity index (χ4n) is 3.72. The van der Waals surface area contributed by atoms with Crippen molar-refractivity contribution in [3.8, 4) is 0 Å². The van der Waals surface area contributed by atoms with Crippen molar-refractivity contribution in [2.45, 2.75) is 42.9 Å². The average molecular weight is 490 g/mol. The minimum atomic E-state index is -3.71. The van der Waals surface area contributed by atoms with Crippen LogP contribution in [0, 0.1) is 0 Å². The van der Waals surface area contributed by atoms with E-state index in [9.17, 15) is 22.3 Å². The predicted molar refractivity (Wildman–Crippen MR) is 129 cm³/mol. The Hall–Kier alpha value is -2.81. The second kappa shape index (κ2) is 11.1. The van der Waals surface area contributed by atoms with Crippen LogP contribution >= 0.6 is 0 Å². The Bertz CT molecular complexity index is 1130. The number of aliphatic hydroxyl groups excluding tert-OH is 2. The van der Waals surface area contributed by atoms with Gasteiger partial charge < -0.3 is 15.1 Å². The van der Waals surface area contributed by atoms with E-state index in [2.05, 4.69) is 0 Å². The molecule has 3 rings (SSSR count). The number of halogens is 2. The first kappa shape index (κ1) is 25.8. The topological polar surface area (TPSA) is 77.8 Å². The first-order valence-corrected chi connectivity index (χ1v) is 12.8. The molecule has 3 aromatic carbocycles. The van der Waals surface area contributed by atoms with Crippen LogP contribution < -0.4 is 4.90 Å². The summed E-state index contributed by atoms with van der Waals surface area (Å²) in [6.45, 7) is -0.410. The quantitative estimate of drug-likeness (QED) is 0.407. The first-order valence-electron chi connectivity index (χ1n) is 10.9. The van der Waals surface area contributed by atoms with E-state index in [0.29, 0.717) is 18.8 Å². The minimum absolute atomic E-state index is 0.0184. The second-order valence-corrected chi connectivity index (χ2v) is 10.4. The van der Waals surface area contributed by atoms with Gasteiger partial charge in [-0.3, -0.25) is 0 Å². The lowest BCUT2D eigenvalue weighted by molar-refractivity contribution is -0.0644. The van der Waals surface area contributed by atoms with Gasteiger partial charge in [0, 0.05) is 25.8 Å². The van der Waals surface area contributed by atoms with E-state index in [0.717, 1.165) is 17.4 Å². The Morgan fingerprint density at radius 3 is 1.91 bits per heavy atom. The number of hydrogen-bond acceptors (Lipinski definition) is 5. The number of sulfone groups is 1. The maximum Gasteiger partial charge on any atom is 0.270 e. The Morgan fingerprint density at radius 1 is 0.912 bits per heavy atom. The highest BCUT2D eigenvalue weighted by Crippen LogP contribution is 2.33. The molecule has 0 spiro atoms. The van der Waals surface area contributed by atoms with Gasteiger partial charge in [0.05, 0.1) is 16.7 Å². The molecule has 1 unspecified atom stereocenters. The zero-order valence-electron chi connectivity index (χ0n) is 18.9. The van der Waals surface area contributed by atoms with Crippen molar-refractivity contribution in [2.24, 2.45) is 0 Å². The van der Waals surface area contributed by atoms with Gasteiger partial charge in [-0.25, -0.2) is 17.2 Å². The molecular weight excluding hydrogens is 460 g/mol. The molecule has 0 aliphatic carbocycles. The van der Waals surface area contributed by atoms with Crippen LogP contribution in [0.5, 0.6) is 0 Å². The smallest absolute Gasteiger partial charge is 0.270 e. The Morgan fingerprint density at radius 2 is 1.44 bits per heavy atom. The molecule has 0 heterocycles. The monoisotopic (exact) mass is 489 g/mol. The lowest BCUT2D eigenvalue weighted by atomic mass is 10.0. The van der Waals surface area contributed by atoms with Gasteiger partial charge in [0.25, 0.3) is 5.92 Å². The molecule has 5 nitrogen and oxygen atoms in total. The molecule has 0 amide bonds. The molecule has 2 N–H and O–H groups in total. The molecule has 0 saturated carbocycles. The Kier molecular flexibility index (Phi) is 8.41. The van der Waals surface area contributed by atoms with Gasteiger partial charge in [-0.1, -0.05) is 66.7 Å². The van der Waals surface area contributed by atoms with Crippen LogP contribution in [0.1, 0.15) is 35.6 Å². The molecule has 34 heavy (non-hydrogen) atoms. The molecule has 0 aliphatic heterocycles. The summed E-state index contributed by atoms with van der Waals surface area (Å²) in [7, 11) is -3.71. The average Bonchev–Trinajstić information content (AvgIpc) is 2.82. The fourth-order valence-corrected chi connectivity index (χ4v) is 4.65. The number of rotatable bonds is 11. The minimum Gasteiger partial charge on any atom is -0.390 e. The molecule has 182 valence electrons. The number of aliphatic hydroxyl groups is 2. The summed E-state index contributed by atoms with van der Waals surface area (Å²) in [5.74, 6) is -3.30. The van der Waals surface area contributed by atoms with Gasteiger partial charge in [0.2, 0.25) is 0 Å². The molecule has 0 aromatic heterocycles. The number of alkyl halides is 2. The molecule has 8 heteroatoms. The standard InChI is InChI=1S/C26H29F2NO4S/c1-34(32,33)25-16-22(24(31)14-15-26(27,28)19-30)12-13-23(25)29(17-20-8-4-2-5-9-20)18-21-10-6-3-7-11-21/h2-13,16,24,30-31H,14-15,17-19H2,1H3. The van der Waals surface area contributed by atoms with Crippen LogP contribution in [0.4, 0.5) is 14.5 Å². The molecule has 1 atom stereocenters. The molecule has 0 fully saturated rings. The van der Waals surface area contributed by atoms with Gasteiger partial charge in [-0.2, -0.15) is 0 Å². The van der Waals surface area contributed by atoms with Crippen molar-refractivity contribution in [1.29, 1.82) is 0 Å². The van der Waals surface area contributed by atoms with E-state index in [4.69, 9.17) is 5.11 Å². The van der Waals surface area contributed by atoms with Gasteiger partial charge in [-0.05, 0) is 35.2 Å². The van der Waals surface area contributed by atoms with Gasteiger partial charge in [0.15, 0.2) is 9.84 Å². The summed E-state index contributed by atoms with van der Waals surface area (Å²) in [6.07, 6.45) is -1.23. The summed E-state index contributed by atoms with van der Waals surface area (Å²) in [5, 5.41) is 19.2. The van der Waals surface area contributed by atoms with E-state index in [1.807, 2.05) is 65.6 Å². The largest absolute Gasteiger partial charge is 0.390 e. The van der Waals surface area contributed by atoms with Crippen molar-refractivity contribution in [3.63, 3.8) is 0 Å². The highest BCUT2D eigenvalue weighted by Gasteiger charge is 2.29. The van der Waals surface area contributed by atoms with E-state index in [-0.39, 0.29) is 16.9 Å². The lowest BCUT2D eigenvalue weighted by Crippen LogP contribution is -2.24. The second-order valence-electron chi connectivity index (χ2n) is 8.40. The highest BCUT2D eigenvalue weighted by molar-refractivity contribution is 7.90. The van der Waals surface area contributed by atoms with E-state index < -0.39 is 34.9 Å². The molecule has 3 aromatic rings. The summed E-state index contributed by atoms with van der Waals surface area (Å²) in [6, 6.07) is 23.8. The molecule has 0 bridgehead atoms. The van der Waals surface area contributed by atoms with Crippen molar-refractivity contribution < 1.29 is 27.4 Å². The number of nitrogens with zero attached hydrogens (tertiary/aromatic N) is 1. The third-order valence-corrected chi connectivity index (χ3v) is 6.68.